The van der Waals surface area contributed by atoms with Crippen molar-refractivity contribution < 1.29 is 8.42 Å². The molecule has 0 radical (unpaired) electrons. The molecule has 2 aromatic heterocycles. The first-order chi connectivity index (χ1) is 11.9. The number of aryl methyl sites for hydroxylation is 2. The van der Waals surface area contributed by atoms with E-state index in [2.05, 4.69) is 15.9 Å². The second-order valence-corrected chi connectivity index (χ2v) is 8.99. The van der Waals surface area contributed by atoms with E-state index < -0.39 is 10.0 Å². The van der Waals surface area contributed by atoms with Gasteiger partial charge in [-0.3, -0.25) is 4.68 Å². The van der Waals surface area contributed by atoms with Gasteiger partial charge in [0.15, 0.2) is 0 Å². The van der Waals surface area contributed by atoms with Gasteiger partial charge in [-0.2, -0.15) is 10.4 Å². The molecule has 8 heteroatoms. The molecule has 0 saturated carbocycles. The number of nitrogens with zero attached hydrogens (tertiary/aromatic N) is 3. The molecule has 0 saturated heterocycles. The Hall–Kier alpha value is -1.95. The third kappa shape index (κ3) is 3.68. The molecule has 0 aliphatic heterocycles. The van der Waals surface area contributed by atoms with E-state index in [-0.39, 0.29) is 12.0 Å². The number of nitrogens with one attached hydrogen (secondary N) is 1. The van der Waals surface area contributed by atoms with Crippen LogP contribution in [0.3, 0.4) is 0 Å². The number of hydrogen-bond donors (Lipinski definition) is 1. The van der Waals surface area contributed by atoms with Crippen LogP contribution in [-0.4, -0.2) is 24.2 Å². The summed E-state index contributed by atoms with van der Waals surface area (Å²) in [5.74, 6) is 0.131. The van der Waals surface area contributed by atoms with E-state index in [1.165, 1.54) is 11.3 Å². The van der Waals surface area contributed by atoms with Gasteiger partial charge in [0.2, 0.25) is 0 Å². The monoisotopic (exact) mass is 376 g/mol. The van der Waals surface area contributed by atoms with Crippen molar-refractivity contribution in [2.24, 2.45) is 0 Å². The van der Waals surface area contributed by atoms with Gasteiger partial charge in [0.25, 0.3) is 10.0 Å². The van der Waals surface area contributed by atoms with Gasteiger partial charge in [-0.1, -0.05) is 18.2 Å². The van der Waals surface area contributed by atoms with Crippen LogP contribution in [0.4, 0.5) is 0 Å². The summed E-state index contributed by atoms with van der Waals surface area (Å²) in [4.78, 5) is 0. The average molecular weight is 377 g/mol. The molecule has 0 fully saturated rings. The Morgan fingerprint density at radius 3 is 2.92 bits per heavy atom. The van der Waals surface area contributed by atoms with Crippen molar-refractivity contribution in [3.63, 3.8) is 0 Å². The van der Waals surface area contributed by atoms with Gasteiger partial charge in [0, 0.05) is 23.2 Å². The number of allylic oxidation sites excluding steroid dienone is 1. The molecule has 1 aliphatic carbocycles. The van der Waals surface area contributed by atoms with Crippen molar-refractivity contribution in [1.82, 2.24) is 14.5 Å². The lowest BCUT2D eigenvalue weighted by atomic mass is 9.96. The van der Waals surface area contributed by atoms with E-state index in [9.17, 15) is 8.42 Å². The maximum atomic E-state index is 12.4. The van der Waals surface area contributed by atoms with Crippen molar-refractivity contribution in [3.8, 4) is 6.07 Å². The molecule has 132 valence electrons. The lowest BCUT2D eigenvalue weighted by molar-refractivity contribution is 0.565. The molecule has 1 aliphatic rings. The Kier molecular flexibility index (Phi) is 5.08. The number of sulfonamides is 1. The van der Waals surface area contributed by atoms with Crippen molar-refractivity contribution in [2.45, 2.75) is 49.4 Å². The Morgan fingerprint density at radius 1 is 1.44 bits per heavy atom. The minimum atomic E-state index is -3.47. The fourth-order valence-electron chi connectivity index (χ4n) is 3.30. The van der Waals surface area contributed by atoms with Crippen molar-refractivity contribution in [2.75, 3.05) is 0 Å². The number of nitriles is 1. The van der Waals surface area contributed by atoms with Gasteiger partial charge >= 0.3 is 0 Å². The van der Waals surface area contributed by atoms with Gasteiger partial charge in [0.1, 0.15) is 4.21 Å². The summed E-state index contributed by atoms with van der Waals surface area (Å²) >= 11 is 1.21. The topological polar surface area (TPSA) is 87.8 Å². The van der Waals surface area contributed by atoms with Gasteiger partial charge < -0.3 is 0 Å². The van der Waals surface area contributed by atoms with E-state index in [1.807, 2.05) is 30.7 Å². The molecule has 1 N–H and O–H groups in total. The van der Waals surface area contributed by atoms with Crippen LogP contribution in [0.1, 0.15) is 35.7 Å². The molecule has 0 spiro atoms. The zero-order valence-electron chi connectivity index (χ0n) is 14.1. The van der Waals surface area contributed by atoms with E-state index in [0.29, 0.717) is 23.6 Å². The Balaban J connectivity index is 1.73. The van der Waals surface area contributed by atoms with Crippen LogP contribution in [-0.2, 0) is 16.6 Å². The molecule has 6 nitrogen and oxygen atoms in total. The van der Waals surface area contributed by atoms with Crippen LogP contribution in [0, 0.1) is 25.2 Å². The summed E-state index contributed by atoms with van der Waals surface area (Å²) in [6, 6.07) is 5.25. The van der Waals surface area contributed by atoms with Gasteiger partial charge in [-0.15, -0.1) is 11.3 Å². The average Bonchev–Trinajstić information content (AvgIpc) is 3.27. The Labute approximate surface area is 151 Å². The molecule has 25 heavy (non-hydrogen) atoms. The summed E-state index contributed by atoms with van der Waals surface area (Å²) in [6.45, 7) is 4.54. The lowest BCUT2D eigenvalue weighted by Crippen LogP contribution is -2.32. The van der Waals surface area contributed by atoms with Crippen LogP contribution in [0.2, 0.25) is 0 Å². The molecule has 0 amide bonds. The minimum absolute atomic E-state index is 0.131. The highest BCUT2D eigenvalue weighted by atomic mass is 32.2. The zero-order chi connectivity index (χ0) is 18.0. The molecular weight excluding hydrogens is 356 g/mol. The number of thiophene rings is 1. The van der Waals surface area contributed by atoms with Crippen molar-refractivity contribution in [3.05, 3.63) is 46.6 Å². The summed E-state index contributed by atoms with van der Waals surface area (Å²) in [5.41, 5.74) is 3.11. The predicted molar refractivity (Wildman–Crippen MR) is 96.9 cm³/mol. The van der Waals surface area contributed by atoms with Crippen molar-refractivity contribution in [1.29, 1.82) is 5.26 Å². The Morgan fingerprint density at radius 2 is 2.24 bits per heavy atom. The highest BCUT2D eigenvalue weighted by molar-refractivity contribution is 7.91. The van der Waals surface area contributed by atoms with Gasteiger partial charge in [-0.05, 0) is 31.7 Å². The lowest BCUT2D eigenvalue weighted by Gasteiger charge is -2.14. The normalized spacial score (nSPS) is 20.0. The number of aromatic nitrogens is 2. The van der Waals surface area contributed by atoms with Crippen LogP contribution < -0.4 is 4.72 Å². The quantitative estimate of drug-likeness (QED) is 0.785. The first-order valence-corrected chi connectivity index (χ1v) is 10.4. The molecule has 2 heterocycles. The molecule has 0 aromatic carbocycles. The van der Waals surface area contributed by atoms with Crippen LogP contribution in [0.15, 0.2) is 33.9 Å². The standard InChI is InChI=1S/C17H20N4O2S2/c1-12-17(13(2)21(19-12)9-4-8-18)14-6-7-15(11-14)20-25(22,23)16-5-3-10-24-16/h3,5-7,10,14-15,20H,4,9,11H2,1-2H3. The fraction of sp³-hybridized carbons (Fsp3) is 0.412. The molecule has 0 bridgehead atoms. The van der Waals surface area contributed by atoms with Gasteiger partial charge in [-0.25, -0.2) is 13.1 Å². The largest absolute Gasteiger partial charge is 0.268 e. The fourth-order valence-corrected chi connectivity index (χ4v) is 5.51. The summed E-state index contributed by atoms with van der Waals surface area (Å²) in [6.07, 6.45) is 5.07. The van der Waals surface area contributed by atoms with Gasteiger partial charge in [0.05, 0.1) is 24.7 Å². The number of rotatable bonds is 6. The molecule has 2 aromatic rings. The summed E-state index contributed by atoms with van der Waals surface area (Å²) in [5, 5.41) is 15.0. The molecular formula is C17H20N4O2S2. The van der Waals surface area contributed by atoms with E-state index in [1.54, 1.807) is 17.5 Å². The summed E-state index contributed by atoms with van der Waals surface area (Å²) in [7, 11) is -3.47. The third-order valence-corrected chi connectivity index (χ3v) is 7.28. The molecule has 2 atom stereocenters. The highest BCUT2D eigenvalue weighted by Gasteiger charge is 2.29. The minimum Gasteiger partial charge on any atom is -0.268 e. The van der Waals surface area contributed by atoms with Crippen LogP contribution in [0.25, 0.3) is 0 Å². The van der Waals surface area contributed by atoms with Crippen molar-refractivity contribution >= 4 is 21.4 Å². The zero-order valence-corrected chi connectivity index (χ0v) is 15.8. The van der Waals surface area contributed by atoms with E-state index >= 15 is 0 Å². The predicted octanol–water partition coefficient (Wildman–Crippen LogP) is 2.87. The third-order valence-electron chi connectivity index (χ3n) is 4.39. The number of hydrogen-bond acceptors (Lipinski definition) is 5. The molecule has 2 unspecified atom stereocenters. The molecule has 3 rings (SSSR count). The maximum Gasteiger partial charge on any atom is 0.250 e. The second-order valence-electron chi connectivity index (χ2n) is 6.10. The first kappa shape index (κ1) is 17.9. The van der Waals surface area contributed by atoms with Crippen LogP contribution in [0.5, 0.6) is 0 Å². The first-order valence-electron chi connectivity index (χ1n) is 8.07. The van der Waals surface area contributed by atoms with Crippen LogP contribution >= 0.6 is 11.3 Å². The van der Waals surface area contributed by atoms with E-state index in [4.69, 9.17) is 5.26 Å². The smallest absolute Gasteiger partial charge is 0.250 e. The highest BCUT2D eigenvalue weighted by Crippen LogP contribution is 2.33. The maximum absolute atomic E-state index is 12.4. The Bertz CT molecular complexity index is 921. The second kappa shape index (κ2) is 7.12. The SMILES string of the molecule is Cc1nn(CCC#N)c(C)c1C1C=CC(NS(=O)(=O)c2cccs2)C1. The van der Waals surface area contributed by atoms with E-state index in [0.717, 1.165) is 17.0 Å². The summed E-state index contributed by atoms with van der Waals surface area (Å²) < 4.78 is 29.7.